The number of sulfonamides is 1. The van der Waals surface area contributed by atoms with Gasteiger partial charge in [0, 0.05) is 12.4 Å². The Balaban J connectivity index is 2.87. The van der Waals surface area contributed by atoms with Crippen LogP contribution in [-0.4, -0.2) is 36.4 Å². The molecule has 0 fully saturated rings. The van der Waals surface area contributed by atoms with Gasteiger partial charge in [-0.25, -0.2) is 8.42 Å². The third kappa shape index (κ3) is 3.57. The molecule has 0 aliphatic carbocycles. The van der Waals surface area contributed by atoms with Gasteiger partial charge < -0.3 is 15.8 Å². The summed E-state index contributed by atoms with van der Waals surface area (Å²) in [6.45, 7) is 0. The molecule has 0 radical (unpaired) electrons. The molecule has 17 heavy (non-hydrogen) atoms. The van der Waals surface area contributed by atoms with Crippen LogP contribution in [0.15, 0.2) is 23.4 Å². The number of rotatable bonds is 6. The molecule has 9 heteroatoms. The molecule has 0 unspecified atom stereocenters. The lowest BCUT2D eigenvalue weighted by Crippen LogP contribution is -2.43. The summed E-state index contributed by atoms with van der Waals surface area (Å²) in [5, 5.41) is 8.74. The first-order valence-corrected chi connectivity index (χ1v) is 5.97. The summed E-state index contributed by atoms with van der Waals surface area (Å²) >= 11 is 0. The Kier molecular flexibility index (Phi) is 3.86. The first-order chi connectivity index (χ1) is 7.83. The maximum Gasteiger partial charge on any atom is 0.322 e. The van der Waals surface area contributed by atoms with Crippen molar-refractivity contribution in [2.45, 2.75) is 17.4 Å². The van der Waals surface area contributed by atoms with Crippen LogP contribution in [0, 0.1) is 0 Å². The number of aromatic nitrogens is 1. The summed E-state index contributed by atoms with van der Waals surface area (Å²) in [4.78, 5) is 23.7. The first kappa shape index (κ1) is 13.2. The largest absolute Gasteiger partial charge is 0.480 e. The number of H-pyrrole nitrogens is 1. The number of amides is 1. The molecular formula is C8H11N3O5S. The number of hydrogen-bond donors (Lipinski definition) is 4. The van der Waals surface area contributed by atoms with E-state index in [1.165, 1.54) is 18.5 Å². The molecule has 1 aromatic rings. The quantitative estimate of drug-likeness (QED) is 0.499. The Bertz CT molecular complexity index is 507. The number of carbonyl (C=O) groups is 2. The fourth-order valence-corrected chi connectivity index (χ4v) is 2.28. The lowest BCUT2D eigenvalue weighted by atomic mass is 10.2. The van der Waals surface area contributed by atoms with Crippen molar-refractivity contribution < 1.29 is 23.1 Å². The second kappa shape index (κ2) is 4.97. The van der Waals surface area contributed by atoms with Crippen LogP contribution in [0.4, 0.5) is 0 Å². The van der Waals surface area contributed by atoms with Gasteiger partial charge >= 0.3 is 5.97 Å². The average Bonchev–Trinajstić information content (AvgIpc) is 2.68. The predicted octanol–water partition coefficient (Wildman–Crippen LogP) is -1.38. The number of aliphatic carboxylic acids is 1. The highest BCUT2D eigenvalue weighted by Gasteiger charge is 2.26. The Morgan fingerprint density at radius 3 is 2.59 bits per heavy atom. The van der Waals surface area contributed by atoms with E-state index in [1.807, 2.05) is 4.72 Å². The van der Waals surface area contributed by atoms with E-state index in [4.69, 9.17) is 10.8 Å². The van der Waals surface area contributed by atoms with Crippen molar-refractivity contribution >= 4 is 21.9 Å². The van der Waals surface area contributed by atoms with Gasteiger partial charge in [0.05, 0.1) is 11.3 Å². The van der Waals surface area contributed by atoms with E-state index in [-0.39, 0.29) is 4.90 Å². The van der Waals surface area contributed by atoms with Crippen molar-refractivity contribution in [3.8, 4) is 0 Å². The molecule has 0 aliphatic rings. The smallest absolute Gasteiger partial charge is 0.322 e. The lowest BCUT2D eigenvalue weighted by Gasteiger charge is -2.12. The van der Waals surface area contributed by atoms with E-state index in [0.717, 1.165) is 0 Å². The fourth-order valence-electron chi connectivity index (χ4n) is 1.11. The molecule has 0 spiro atoms. The number of primary amides is 1. The number of nitrogens with one attached hydrogen (secondary N) is 2. The molecule has 0 bridgehead atoms. The second-order valence-corrected chi connectivity index (χ2v) is 4.94. The van der Waals surface area contributed by atoms with Crippen LogP contribution >= 0.6 is 0 Å². The number of nitrogens with two attached hydrogens (primary N) is 1. The van der Waals surface area contributed by atoms with Gasteiger partial charge in [-0.1, -0.05) is 0 Å². The van der Waals surface area contributed by atoms with Crippen molar-refractivity contribution in [3.05, 3.63) is 18.5 Å². The van der Waals surface area contributed by atoms with E-state index >= 15 is 0 Å². The predicted molar refractivity (Wildman–Crippen MR) is 56.3 cm³/mol. The van der Waals surface area contributed by atoms with E-state index in [9.17, 15) is 18.0 Å². The SMILES string of the molecule is NC(=O)C[C@H](NS(=O)(=O)c1cc[nH]c1)C(=O)O. The summed E-state index contributed by atoms with van der Waals surface area (Å²) in [5.41, 5.74) is 4.83. The van der Waals surface area contributed by atoms with Crippen molar-refractivity contribution in [1.82, 2.24) is 9.71 Å². The zero-order valence-electron chi connectivity index (χ0n) is 8.58. The molecule has 5 N–H and O–H groups in total. The maximum absolute atomic E-state index is 11.6. The monoisotopic (exact) mass is 261 g/mol. The molecule has 1 aromatic heterocycles. The zero-order chi connectivity index (χ0) is 13.1. The van der Waals surface area contributed by atoms with E-state index in [2.05, 4.69) is 4.98 Å². The minimum Gasteiger partial charge on any atom is -0.480 e. The maximum atomic E-state index is 11.6. The highest BCUT2D eigenvalue weighted by molar-refractivity contribution is 7.89. The minimum atomic E-state index is -3.98. The van der Waals surface area contributed by atoms with Gasteiger partial charge in [0.15, 0.2) is 0 Å². The Labute approximate surface area is 96.9 Å². The van der Waals surface area contributed by atoms with Crippen molar-refractivity contribution in [2.75, 3.05) is 0 Å². The Morgan fingerprint density at radius 1 is 1.53 bits per heavy atom. The molecule has 0 saturated carbocycles. The number of carboxylic acid groups (broad SMARTS) is 1. The van der Waals surface area contributed by atoms with Crippen LogP contribution in [0.5, 0.6) is 0 Å². The lowest BCUT2D eigenvalue weighted by molar-refractivity contribution is -0.140. The van der Waals surface area contributed by atoms with Crippen LogP contribution < -0.4 is 10.5 Å². The number of carbonyl (C=O) groups excluding carboxylic acids is 1. The van der Waals surface area contributed by atoms with Gasteiger partial charge in [0.25, 0.3) is 0 Å². The Hall–Kier alpha value is -1.87. The minimum absolute atomic E-state index is 0.117. The van der Waals surface area contributed by atoms with Gasteiger partial charge in [0.2, 0.25) is 15.9 Å². The molecule has 0 saturated heterocycles. The third-order valence-corrected chi connectivity index (χ3v) is 3.35. The number of hydrogen-bond acceptors (Lipinski definition) is 4. The van der Waals surface area contributed by atoms with Crippen molar-refractivity contribution in [1.29, 1.82) is 0 Å². The van der Waals surface area contributed by atoms with Gasteiger partial charge in [-0.05, 0) is 6.07 Å². The highest BCUT2D eigenvalue weighted by atomic mass is 32.2. The van der Waals surface area contributed by atoms with Crippen LogP contribution in [0.2, 0.25) is 0 Å². The Morgan fingerprint density at radius 2 is 2.18 bits per heavy atom. The van der Waals surface area contributed by atoms with Crippen LogP contribution in [0.3, 0.4) is 0 Å². The van der Waals surface area contributed by atoms with Crippen molar-refractivity contribution in [2.24, 2.45) is 5.73 Å². The molecule has 94 valence electrons. The van der Waals surface area contributed by atoms with Gasteiger partial charge in [-0.2, -0.15) is 4.72 Å². The molecule has 1 rings (SSSR count). The summed E-state index contributed by atoms with van der Waals surface area (Å²) < 4.78 is 25.2. The van der Waals surface area contributed by atoms with Crippen LogP contribution in [-0.2, 0) is 19.6 Å². The van der Waals surface area contributed by atoms with Gasteiger partial charge in [-0.3, -0.25) is 9.59 Å². The normalized spacial score (nSPS) is 13.2. The highest BCUT2D eigenvalue weighted by Crippen LogP contribution is 2.08. The van der Waals surface area contributed by atoms with Gasteiger partial charge in [-0.15, -0.1) is 0 Å². The molecule has 1 atom stereocenters. The van der Waals surface area contributed by atoms with E-state index < -0.39 is 34.4 Å². The topological polar surface area (TPSA) is 142 Å². The second-order valence-electron chi connectivity index (χ2n) is 3.23. The molecule has 0 aliphatic heterocycles. The summed E-state index contributed by atoms with van der Waals surface area (Å²) in [7, 11) is -3.98. The molecule has 1 heterocycles. The number of carboxylic acids is 1. The fraction of sp³-hybridized carbons (Fsp3) is 0.250. The van der Waals surface area contributed by atoms with Crippen LogP contribution in [0.25, 0.3) is 0 Å². The van der Waals surface area contributed by atoms with Crippen LogP contribution in [0.1, 0.15) is 6.42 Å². The van der Waals surface area contributed by atoms with Crippen molar-refractivity contribution in [3.63, 3.8) is 0 Å². The first-order valence-electron chi connectivity index (χ1n) is 4.49. The summed E-state index contributed by atoms with van der Waals surface area (Å²) in [6.07, 6.45) is 1.95. The standard InChI is InChI=1S/C8H11N3O5S/c9-7(12)3-6(8(13)14)11-17(15,16)5-1-2-10-4-5/h1-2,4,6,10-11H,3H2,(H2,9,12)(H,13,14)/t6-/m0/s1. The third-order valence-electron chi connectivity index (χ3n) is 1.88. The molecule has 8 nitrogen and oxygen atoms in total. The average molecular weight is 261 g/mol. The molecule has 1 amide bonds. The summed E-state index contributed by atoms with van der Waals surface area (Å²) in [5.74, 6) is -2.38. The zero-order valence-corrected chi connectivity index (χ0v) is 9.40. The van der Waals surface area contributed by atoms with Gasteiger partial charge in [0.1, 0.15) is 6.04 Å². The van der Waals surface area contributed by atoms with E-state index in [1.54, 1.807) is 0 Å². The summed E-state index contributed by atoms with van der Waals surface area (Å²) in [6, 6.07) is -0.321. The van der Waals surface area contributed by atoms with E-state index in [0.29, 0.717) is 0 Å². The molecule has 0 aromatic carbocycles. The number of aromatic amines is 1. The molecular weight excluding hydrogens is 250 g/mol.